The molecule has 0 aliphatic carbocycles. The van der Waals surface area contributed by atoms with Crippen molar-refractivity contribution in [2.45, 2.75) is 19.4 Å². The van der Waals surface area contributed by atoms with Gasteiger partial charge in [0.2, 0.25) is 0 Å². The van der Waals surface area contributed by atoms with Gasteiger partial charge in [0.25, 0.3) is 0 Å². The number of aliphatic hydroxyl groups is 1. The molecule has 2 aliphatic rings. The molecule has 2 aliphatic heterocycles. The molecule has 27 heavy (non-hydrogen) atoms. The van der Waals surface area contributed by atoms with Gasteiger partial charge in [-0.2, -0.15) is 0 Å². The number of nitrogens with zero attached hydrogens (tertiary/aromatic N) is 1. The van der Waals surface area contributed by atoms with Gasteiger partial charge in [0, 0.05) is 22.3 Å². The fourth-order valence-electron chi connectivity index (χ4n) is 3.60. The van der Waals surface area contributed by atoms with Crippen molar-refractivity contribution < 1.29 is 9.84 Å². The summed E-state index contributed by atoms with van der Waals surface area (Å²) in [7, 11) is 0. The molecule has 4 N–H and O–H groups in total. The summed E-state index contributed by atoms with van der Waals surface area (Å²) < 4.78 is 6.52. The van der Waals surface area contributed by atoms with Crippen LogP contribution in [0.15, 0.2) is 52.6 Å². The number of nitrogens with one attached hydrogen (secondary N) is 3. The molecule has 0 fully saturated rings. The van der Waals surface area contributed by atoms with Gasteiger partial charge in [-0.25, -0.2) is 0 Å². The Labute approximate surface area is 167 Å². The third kappa shape index (κ3) is 3.76. The zero-order chi connectivity index (χ0) is 18.8. The highest BCUT2D eigenvalue weighted by Gasteiger charge is 2.30. The van der Waals surface area contributed by atoms with E-state index >= 15 is 0 Å². The maximum atomic E-state index is 8.87. The molecule has 142 valence electrons. The largest absolute Gasteiger partial charge is 0.491 e. The molecular formula is C20H23BrN4O2. The normalized spacial score (nSPS) is 18.5. The SMILES string of the molecule is CC1=C2c3ccc(Br)cc3C(Nc3ccc(OCCO)cc3)CCN2NN1. The van der Waals surface area contributed by atoms with Crippen LogP contribution in [0.5, 0.6) is 5.75 Å². The Bertz CT molecular complexity index is 854. The topological polar surface area (TPSA) is 68.8 Å². The third-order valence-electron chi connectivity index (χ3n) is 4.84. The second-order valence-electron chi connectivity index (χ2n) is 6.68. The first-order valence-electron chi connectivity index (χ1n) is 9.06. The van der Waals surface area contributed by atoms with Crippen LogP contribution in [0.3, 0.4) is 0 Å². The van der Waals surface area contributed by atoms with Gasteiger partial charge in [-0.1, -0.05) is 22.0 Å². The Morgan fingerprint density at radius 2 is 2.07 bits per heavy atom. The first-order chi connectivity index (χ1) is 13.2. The number of rotatable bonds is 5. The van der Waals surface area contributed by atoms with E-state index in [-0.39, 0.29) is 12.6 Å². The summed E-state index contributed by atoms with van der Waals surface area (Å²) in [5.41, 5.74) is 12.3. The molecule has 1 atom stereocenters. The van der Waals surface area contributed by atoms with E-state index in [0.717, 1.165) is 34.6 Å². The molecule has 0 bridgehead atoms. The van der Waals surface area contributed by atoms with E-state index in [2.05, 4.69) is 62.3 Å². The first-order valence-corrected chi connectivity index (χ1v) is 9.85. The van der Waals surface area contributed by atoms with Crippen LogP contribution >= 0.6 is 15.9 Å². The molecule has 1 unspecified atom stereocenters. The highest BCUT2D eigenvalue weighted by atomic mass is 79.9. The molecule has 2 aromatic carbocycles. The quantitative estimate of drug-likeness (QED) is 0.582. The van der Waals surface area contributed by atoms with Gasteiger partial charge in [0.15, 0.2) is 0 Å². The molecule has 0 spiro atoms. The van der Waals surface area contributed by atoms with E-state index in [0.29, 0.717) is 6.61 Å². The predicted octanol–water partition coefficient (Wildman–Crippen LogP) is 3.39. The molecule has 0 saturated heterocycles. The summed E-state index contributed by atoms with van der Waals surface area (Å²) in [6.07, 6.45) is 0.956. The van der Waals surface area contributed by atoms with Gasteiger partial charge in [0.05, 0.1) is 24.0 Å². The Morgan fingerprint density at radius 1 is 1.26 bits per heavy atom. The summed E-state index contributed by atoms with van der Waals surface area (Å²) in [5, 5.41) is 14.7. The maximum Gasteiger partial charge on any atom is 0.119 e. The van der Waals surface area contributed by atoms with E-state index in [4.69, 9.17) is 9.84 Å². The lowest BCUT2D eigenvalue weighted by molar-refractivity contribution is 0.201. The third-order valence-corrected chi connectivity index (χ3v) is 5.34. The molecule has 0 amide bonds. The fraction of sp³-hybridized carbons (Fsp3) is 0.300. The molecule has 0 radical (unpaired) electrons. The Kier molecular flexibility index (Phi) is 5.24. The number of hydrazine groups is 2. The number of aliphatic hydroxyl groups excluding tert-OH is 1. The number of fused-ring (bicyclic) bond motifs is 3. The van der Waals surface area contributed by atoms with Crippen molar-refractivity contribution in [1.82, 2.24) is 16.0 Å². The summed E-state index contributed by atoms with van der Waals surface area (Å²) in [6, 6.07) is 14.5. The van der Waals surface area contributed by atoms with Crippen molar-refractivity contribution in [3.05, 3.63) is 63.8 Å². The minimum absolute atomic E-state index is 0.0163. The van der Waals surface area contributed by atoms with Crippen molar-refractivity contribution in [1.29, 1.82) is 0 Å². The molecule has 0 saturated carbocycles. The number of hydrogen-bond acceptors (Lipinski definition) is 6. The van der Waals surface area contributed by atoms with E-state index in [1.54, 1.807) is 0 Å². The minimum Gasteiger partial charge on any atom is -0.491 e. The van der Waals surface area contributed by atoms with Crippen molar-refractivity contribution in [2.24, 2.45) is 0 Å². The van der Waals surface area contributed by atoms with Gasteiger partial charge in [-0.05, 0) is 55.3 Å². The highest BCUT2D eigenvalue weighted by molar-refractivity contribution is 9.10. The number of halogens is 1. The van der Waals surface area contributed by atoms with E-state index < -0.39 is 0 Å². The lowest BCUT2D eigenvalue weighted by Gasteiger charge is -2.21. The number of allylic oxidation sites excluding steroid dienone is 1. The van der Waals surface area contributed by atoms with Gasteiger partial charge in [-0.15, -0.1) is 5.53 Å². The summed E-state index contributed by atoms with van der Waals surface area (Å²) in [4.78, 5) is 0. The van der Waals surface area contributed by atoms with Crippen LogP contribution < -0.4 is 21.0 Å². The van der Waals surface area contributed by atoms with E-state index in [1.807, 2.05) is 24.3 Å². The minimum atomic E-state index is 0.0163. The molecule has 2 heterocycles. The number of hydrogen-bond donors (Lipinski definition) is 4. The maximum absolute atomic E-state index is 8.87. The second kappa shape index (κ2) is 7.80. The Hall–Kier alpha value is -2.22. The van der Waals surface area contributed by atoms with Crippen LogP contribution in [0.2, 0.25) is 0 Å². The zero-order valence-corrected chi connectivity index (χ0v) is 16.7. The monoisotopic (exact) mass is 430 g/mol. The van der Waals surface area contributed by atoms with Gasteiger partial charge >= 0.3 is 0 Å². The van der Waals surface area contributed by atoms with E-state index in [9.17, 15) is 0 Å². The molecule has 2 aromatic rings. The van der Waals surface area contributed by atoms with Gasteiger partial charge in [-0.3, -0.25) is 5.01 Å². The average molecular weight is 431 g/mol. The lowest BCUT2D eigenvalue weighted by Crippen LogP contribution is -2.37. The Balaban J connectivity index is 1.62. The zero-order valence-electron chi connectivity index (χ0n) is 15.1. The highest BCUT2D eigenvalue weighted by Crippen LogP contribution is 2.38. The van der Waals surface area contributed by atoms with Crippen molar-refractivity contribution in [3.63, 3.8) is 0 Å². The summed E-state index contributed by atoms with van der Waals surface area (Å²) >= 11 is 3.62. The van der Waals surface area contributed by atoms with Crippen molar-refractivity contribution in [2.75, 3.05) is 25.1 Å². The summed E-state index contributed by atoms with van der Waals surface area (Å²) in [6.45, 7) is 3.30. The van der Waals surface area contributed by atoms with Crippen LogP contribution in [0.25, 0.3) is 5.70 Å². The van der Waals surface area contributed by atoms with Gasteiger partial charge in [0.1, 0.15) is 12.4 Å². The smallest absolute Gasteiger partial charge is 0.119 e. The van der Waals surface area contributed by atoms with Gasteiger partial charge < -0.3 is 20.6 Å². The molecular weight excluding hydrogens is 408 g/mol. The number of ether oxygens (including phenoxy) is 1. The lowest BCUT2D eigenvalue weighted by atomic mass is 9.97. The van der Waals surface area contributed by atoms with Crippen molar-refractivity contribution in [3.8, 4) is 5.75 Å². The Morgan fingerprint density at radius 3 is 2.85 bits per heavy atom. The molecule has 0 aromatic heterocycles. The van der Waals surface area contributed by atoms with Crippen molar-refractivity contribution >= 4 is 27.3 Å². The second-order valence-corrected chi connectivity index (χ2v) is 7.59. The van der Waals surface area contributed by atoms with Crippen LogP contribution in [-0.4, -0.2) is 29.9 Å². The van der Waals surface area contributed by atoms with Crippen LogP contribution in [0, 0.1) is 0 Å². The first kappa shape index (κ1) is 18.2. The predicted molar refractivity (Wildman–Crippen MR) is 110 cm³/mol. The van der Waals surface area contributed by atoms with Crippen LogP contribution in [0.4, 0.5) is 5.69 Å². The summed E-state index contributed by atoms with van der Waals surface area (Å²) in [5.74, 6) is 0.760. The number of benzene rings is 2. The molecule has 7 heteroatoms. The van der Waals surface area contributed by atoms with Crippen LogP contribution in [-0.2, 0) is 0 Å². The van der Waals surface area contributed by atoms with E-state index in [1.165, 1.54) is 16.8 Å². The van der Waals surface area contributed by atoms with Crippen LogP contribution in [0.1, 0.15) is 30.5 Å². The molecule has 6 nitrogen and oxygen atoms in total. The standard InChI is InChI=1S/C20H23BrN4O2/c1-13-20-17-7-2-14(21)12-18(17)19(8-9-25(20)24-23-13)22-15-3-5-16(6-4-15)27-11-10-26/h2-7,12,19,22-24,26H,8-11H2,1H3. The average Bonchev–Trinajstić information content (AvgIpc) is 2.97. The fourth-order valence-corrected chi connectivity index (χ4v) is 3.98. The number of anilines is 1. The molecule has 4 rings (SSSR count).